The number of esters is 2. The predicted molar refractivity (Wildman–Crippen MR) is 95.7 cm³/mol. The van der Waals surface area contributed by atoms with Crippen LogP contribution in [0.15, 0.2) is 47.5 Å². The largest absolute Gasteiger partial charge is 0.491 e. The molecule has 2 rings (SSSR count). The molecular formula is C18H18FNO5S. The summed E-state index contributed by atoms with van der Waals surface area (Å²) in [7, 11) is 2.34. The van der Waals surface area contributed by atoms with Crippen molar-refractivity contribution >= 4 is 29.0 Å². The van der Waals surface area contributed by atoms with Crippen molar-refractivity contribution in [2.24, 2.45) is 0 Å². The fourth-order valence-corrected chi connectivity index (χ4v) is 2.71. The topological polar surface area (TPSA) is 73.9 Å². The van der Waals surface area contributed by atoms with E-state index in [1.165, 1.54) is 26.4 Å². The molecule has 1 heterocycles. The van der Waals surface area contributed by atoms with Crippen molar-refractivity contribution in [3.05, 3.63) is 58.2 Å². The number of hydrogen-bond donors (Lipinski definition) is 1. The second-order valence-electron chi connectivity index (χ2n) is 5.02. The molecular weight excluding hydrogens is 361 g/mol. The van der Waals surface area contributed by atoms with Crippen molar-refractivity contribution < 1.29 is 28.2 Å². The fourth-order valence-electron chi connectivity index (χ4n) is 2.02. The lowest BCUT2D eigenvalue weighted by molar-refractivity contribution is -0.138. The van der Waals surface area contributed by atoms with Gasteiger partial charge < -0.3 is 19.5 Å². The van der Waals surface area contributed by atoms with E-state index in [1.807, 2.05) is 17.5 Å². The lowest BCUT2D eigenvalue weighted by Gasteiger charge is -2.14. The van der Waals surface area contributed by atoms with Crippen LogP contribution < -0.4 is 10.1 Å². The van der Waals surface area contributed by atoms with E-state index in [4.69, 9.17) is 4.74 Å². The normalized spacial score (nSPS) is 11.0. The number of rotatable bonds is 8. The maximum Gasteiger partial charge on any atom is 0.354 e. The van der Waals surface area contributed by atoms with E-state index in [0.29, 0.717) is 18.8 Å². The molecule has 2 aromatic rings. The number of anilines is 1. The van der Waals surface area contributed by atoms with E-state index in [2.05, 4.69) is 14.8 Å². The van der Waals surface area contributed by atoms with E-state index in [1.54, 1.807) is 11.3 Å². The van der Waals surface area contributed by atoms with Crippen molar-refractivity contribution in [3.63, 3.8) is 0 Å². The average Bonchev–Trinajstić information content (AvgIpc) is 3.15. The first-order chi connectivity index (χ1) is 12.5. The predicted octanol–water partition coefficient (Wildman–Crippen LogP) is 3.15. The summed E-state index contributed by atoms with van der Waals surface area (Å²) >= 11 is 1.61. The number of methoxy groups -OCH3 is 2. The van der Waals surface area contributed by atoms with Crippen LogP contribution in [0.4, 0.5) is 10.1 Å². The number of thiophene rings is 1. The summed E-state index contributed by atoms with van der Waals surface area (Å²) in [6, 6.07) is 7.79. The molecule has 0 radical (unpaired) electrons. The van der Waals surface area contributed by atoms with Gasteiger partial charge in [0, 0.05) is 17.4 Å². The molecule has 1 N–H and O–H groups in total. The van der Waals surface area contributed by atoms with Crippen LogP contribution in [0.5, 0.6) is 5.75 Å². The molecule has 8 heteroatoms. The van der Waals surface area contributed by atoms with Crippen LogP contribution in [-0.2, 0) is 25.5 Å². The summed E-state index contributed by atoms with van der Waals surface area (Å²) in [5.41, 5.74) is -0.00945. The van der Waals surface area contributed by atoms with Gasteiger partial charge in [0.15, 0.2) is 0 Å². The molecule has 138 valence electrons. The highest BCUT2D eigenvalue weighted by molar-refractivity contribution is 7.09. The summed E-state index contributed by atoms with van der Waals surface area (Å²) in [5, 5.41) is 4.64. The Labute approximate surface area is 154 Å². The van der Waals surface area contributed by atoms with Gasteiger partial charge in [-0.15, -0.1) is 11.3 Å². The molecule has 1 aromatic heterocycles. The van der Waals surface area contributed by atoms with Gasteiger partial charge in [-0.3, -0.25) is 0 Å². The summed E-state index contributed by atoms with van der Waals surface area (Å²) < 4.78 is 28.5. The van der Waals surface area contributed by atoms with E-state index < -0.39 is 17.8 Å². The third-order valence-electron chi connectivity index (χ3n) is 3.27. The molecule has 1 aromatic carbocycles. The number of halogens is 1. The zero-order chi connectivity index (χ0) is 18.9. The van der Waals surface area contributed by atoms with Crippen LogP contribution in [0.1, 0.15) is 4.88 Å². The van der Waals surface area contributed by atoms with Gasteiger partial charge >= 0.3 is 11.9 Å². The Morgan fingerprint density at radius 2 is 2.04 bits per heavy atom. The van der Waals surface area contributed by atoms with Crippen LogP contribution in [0, 0.1) is 5.82 Å². The Bertz CT molecular complexity index is 789. The first kappa shape index (κ1) is 19.5. The van der Waals surface area contributed by atoms with Crippen molar-refractivity contribution in [1.82, 2.24) is 0 Å². The zero-order valence-corrected chi connectivity index (χ0v) is 15.1. The van der Waals surface area contributed by atoms with E-state index in [9.17, 15) is 14.0 Å². The van der Waals surface area contributed by atoms with Gasteiger partial charge in [-0.2, -0.15) is 0 Å². The highest BCUT2D eigenvalue weighted by Crippen LogP contribution is 2.27. The zero-order valence-electron chi connectivity index (χ0n) is 14.3. The summed E-state index contributed by atoms with van der Waals surface area (Å²) in [4.78, 5) is 24.4. The van der Waals surface area contributed by atoms with E-state index in [-0.39, 0.29) is 11.4 Å². The molecule has 0 spiro atoms. The first-order valence-corrected chi connectivity index (χ1v) is 8.51. The number of carbonyl (C=O) groups is 2. The van der Waals surface area contributed by atoms with Crippen molar-refractivity contribution in [2.45, 2.75) is 6.42 Å². The first-order valence-electron chi connectivity index (χ1n) is 7.63. The van der Waals surface area contributed by atoms with Gasteiger partial charge in [0.25, 0.3) is 0 Å². The number of benzene rings is 1. The number of ether oxygens (including phenoxy) is 3. The Kier molecular flexibility index (Phi) is 7.16. The number of nitrogens with one attached hydrogen (secondary N) is 1. The van der Waals surface area contributed by atoms with Crippen LogP contribution in [0.2, 0.25) is 0 Å². The van der Waals surface area contributed by atoms with Crippen molar-refractivity contribution in [3.8, 4) is 5.75 Å². The molecule has 0 atom stereocenters. The van der Waals surface area contributed by atoms with Gasteiger partial charge in [0.1, 0.15) is 17.3 Å². The second-order valence-corrected chi connectivity index (χ2v) is 6.05. The maximum absolute atomic E-state index is 13.6. The third-order valence-corrected chi connectivity index (χ3v) is 4.20. The molecule has 0 aliphatic carbocycles. The molecule has 0 amide bonds. The highest BCUT2D eigenvalue weighted by Gasteiger charge is 2.16. The number of carbonyl (C=O) groups excluding carboxylic acids is 2. The minimum Gasteiger partial charge on any atom is -0.491 e. The quantitative estimate of drug-likeness (QED) is 0.561. The highest BCUT2D eigenvalue weighted by atomic mass is 32.1. The molecule has 0 unspecified atom stereocenters. The minimum atomic E-state index is -0.802. The van der Waals surface area contributed by atoms with Crippen LogP contribution in [0.3, 0.4) is 0 Å². The molecule has 0 fully saturated rings. The van der Waals surface area contributed by atoms with Gasteiger partial charge in [-0.25, -0.2) is 14.0 Å². The SMILES string of the molecule is COC(=O)/C=C(/Nc1cc(F)ccc1OCCc1cccs1)C(=O)OC. The Balaban J connectivity index is 2.17. The standard InChI is InChI=1S/C18H18FNO5S/c1-23-17(21)11-15(18(22)24-2)20-14-10-12(19)5-6-16(14)25-8-7-13-4-3-9-26-13/h3-6,9-11,20H,7-8H2,1-2H3/b15-11+. The molecule has 6 nitrogen and oxygen atoms in total. The van der Waals surface area contributed by atoms with Gasteiger partial charge in [0.2, 0.25) is 0 Å². The van der Waals surface area contributed by atoms with Crippen LogP contribution in [0.25, 0.3) is 0 Å². The summed E-state index contributed by atoms with van der Waals surface area (Å²) in [5.74, 6) is -1.75. The Morgan fingerprint density at radius 3 is 2.69 bits per heavy atom. The summed E-state index contributed by atoms with van der Waals surface area (Å²) in [6.45, 7) is 0.370. The van der Waals surface area contributed by atoms with Crippen LogP contribution in [-0.4, -0.2) is 32.8 Å². The molecule has 0 saturated carbocycles. The molecule has 0 saturated heterocycles. The summed E-state index contributed by atoms with van der Waals surface area (Å²) in [6.07, 6.45) is 1.61. The average molecular weight is 379 g/mol. The third kappa shape index (κ3) is 5.59. The minimum absolute atomic E-state index is 0.191. The molecule has 0 bridgehead atoms. The number of hydrogen-bond acceptors (Lipinski definition) is 7. The molecule has 0 aliphatic heterocycles. The fraction of sp³-hybridized carbons (Fsp3) is 0.222. The smallest absolute Gasteiger partial charge is 0.354 e. The Hall–Kier alpha value is -2.87. The lowest BCUT2D eigenvalue weighted by Crippen LogP contribution is -2.16. The van der Waals surface area contributed by atoms with Crippen molar-refractivity contribution in [1.29, 1.82) is 0 Å². The lowest BCUT2D eigenvalue weighted by atomic mass is 10.2. The monoisotopic (exact) mass is 379 g/mol. The molecule has 0 aliphatic rings. The van der Waals surface area contributed by atoms with E-state index in [0.717, 1.165) is 17.0 Å². The van der Waals surface area contributed by atoms with Gasteiger partial charge in [0.05, 0.1) is 32.6 Å². The van der Waals surface area contributed by atoms with Gasteiger partial charge in [-0.1, -0.05) is 6.07 Å². The van der Waals surface area contributed by atoms with Gasteiger partial charge in [-0.05, 0) is 23.6 Å². The maximum atomic E-state index is 13.6. The molecule has 26 heavy (non-hydrogen) atoms. The van der Waals surface area contributed by atoms with E-state index >= 15 is 0 Å². The van der Waals surface area contributed by atoms with Crippen LogP contribution >= 0.6 is 11.3 Å². The second kappa shape index (κ2) is 9.57. The van der Waals surface area contributed by atoms with Crippen molar-refractivity contribution in [2.75, 3.05) is 26.1 Å². The Morgan fingerprint density at radius 1 is 1.23 bits per heavy atom.